The summed E-state index contributed by atoms with van der Waals surface area (Å²) < 4.78 is 46.6. The minimum absolute atomic E-state index is 0.102. The Morgan fingerprint density at radius 1 is 1.36 bits per heavy atom. The van der Waals surface area contributed by atoms with E-state index in [0.29, 0.717) is 24.9 Å². The highest BCUT2D eigenvalue weighted by molar-refractivity contribution is 5.38. The molecule has 0 radical (unpaired) electrons. The number of hydrogen-bond donors (Lipinski definition) is 0. The minimum atomic E-state index is -4.38. The second-order valence-electron chi connectivity index (χ2n) is 5.59. The molecule has 2 heterocycles. The predicted molar refractivity (Wildman–Crippen MR) is 75.0 cm³/mol. The number of rotatable bonds is 4. The van der Waals surface area contributed by atoms with Gasteiger partial charge in [-0.3, -0.25) is 0 Å². The summed E-state index contributed by atoms with van der Waals surface area (Å²) in [6.45, 7) is 4.98. The first-order chi connectivity index (χ1) is 10.3. The van der Waals surface area contributed by atoms with Crippen molar-refractivity contribution in [1.82, 2.24) is 10.2 Å². The van der Waals surface area contributed by atoms with Gasteiger partial charge in [0.15, 0.2) is 12.4 Å². The van der Waals surface area contributed by atoms with Gasteiger partial charge in [0.25, 0.3) is 0 Å². The van der Waals surface area contributed by atoms with E-state index in [4.69, 9.17) is 4.74 Å². The second kappa shape index (κ2) is 7.13. The molecule has 1 saturated heterocycles. The van der Waals surface area contributed by atoms with Crippen LogP contribution in [-0.4, -0.2) is 48.8 Å². The topological polar surface area (TPSA) is 47.5 Å². The third kappa shape index (κ3) is 5.01. The molecule has 0 aliphatic carbocycles. The van der Waals surface area contributed by atoms with Gasteiger partial charge >= 0.3 is 6.18 Å². The van der Waals surface area contributed by atoms with Crippen LogP contribution in [-0.2, 0) is 4.74 Å². The molecule has 8 heteroatoms. The van der Waals surface area contributed by atoms with Gasteiger partial charge in [-0.15, -0.1) is 10.2 Å². The summed E-state index contributed by atoms with van der Waals surface area (Å²) in [5.41, 5.74) is 0. The maximum atomic E-state index is 12.1. The van der Waals surface area contributed by atoms with Crippen LogP contribution < -0.4 is 9.64 Å². The van der Waals surface area contributed by atoms with Crippen molar-refractivity contribution in [3.8, 4) is 5.88 Å². The lowest BCUT2D eigenvalue weighted by atomic mass is 10.1. The van der Waals surface area contributed by atoms with Crippen LogP contribution in [0.4, 0.5) is 19.0 Å². The lowest BCUT2D eigenvalue weighted by Gasteiger charge is -2.26. The number of ether oxygens (including phenoxy) is 2. The van der Waals surface area contributed by atoms with Crippen LogP contribution in [0.3, 0.4) is 0 Å². The summed E-state index contributed by atoms with van der Waals surface area (Å²) in [6.07, 6.45) is -3.41. The Labute approximate surface area is 127 Å². The molecule has 2 rings (SSSR count). The number of anilines is 1. The molecule has 1 aliphatic heterocycles. The Bertz CT molecular complexity index is 465. The molecule has 0 spiro atoms. The molecule has 0 N–H and O–H groups in total. The first-order valence-corrected chi connectivity index (χ1v) is 7.25. The molecular weight excluding hydrogens is 299 g/mol. The van der Waals surface area contributed by atoms with Gasteiger partial charge in [0.1, 0.15) is 0 Å². The highest BCUT2D eigenvalue weighted by Crippen LogP contribution is 2.21. The van der Waals surface area contributed by atoms with Gasteiger partial charge in [-0.25, -0.2) is 0 Å². The fraction of sp³-hybridized carbons (Fsp3) is 0.714. The number of hydrogen-bond acceptors (Lipinski definition) is 5. The monoisotopic (exact) mass is 319 g/mol. The smallest absolute Gasteiger partial charge is 0.422 e. The second-order valence-corrected chi connectivity index (χ2v) is 5.59. The Morgan fingerprint density at radius 3 is 2.73 bits per heavy atom. The SMILES string of the molecule is CC(C)C1CN(c2ccc(OCC(F)(F)F)nn2)CCCO1. The van der Waals surface area contributed by atoms with Gasteiger partial charge in [-0.1, -0.05) is 13.8 Å². The molecule has 1 aromatic heterocycles. The Kier molecular flexibility index (Phi) is 5.44. The van der Waals surface area contributed by atoms with Gasteiger partial charge in [0.2, 0.25) is 5.88 Å². The molecule has 1 aliphatic rings. The summed E-state index contributed by atoms with van der Waals surface area (Å²) in [6, 6.07) is 3.03. The average Bonchev–Trinajstić information content (AvgIpc) is 2.71. The van der Waals surface area contributed by atoms with E-state index in [1.165, 1.54) is 6.07 Å². The lowest BCUT2D eigenvalue weighted by molar-refractivity contribution is -0.154. The molecule has 0 bridgehead atoms. The van der Waals surface area contributed by atoms with Crippen molar-refractivity contribution in [2.75, 3.05) is 31.2 Å². The largest absolute Gasteiger partial charge is 0.467 e. The summed E-state index contributed by atoms with van der Waals surface area (Å²) in [4.78, 5) is 2.04. The van der Waals surface area contributed by atoms with Crippen LogP contribution in [0.5, 0.6) is 5.88 Å². The Morgan fingerprint density at radius 2 is 2.14 bits per heavy atom. The molecule has 1 fully saturated rings. The first kappa shape index (κ1) is 16.8. The number of halogens is 3. The van der Waals surface area contributed by atoms with Gasteiger partial charge in [-0.05, 0) is 18.4 Å². The molecular formula is C14H20F3N3O2. The lowest BCUT2D eigenvalue weighted by Crippen LogP contribution is -2.35. The zero-order valence-electron chi connectivity index (χ0n) is 12.6. The highest BCUT2D eigenvalue weighted by atomic mass is 19.4. The summed E-state index contributed by atoms with van der Waals surface area (Å²) >= 11 is 0. The van der Waals surface area contributed by atoms with Crippen LogP contribution in [0, 0.1) is 5.92 Å². The predicted octanol–water partition coefficient (Wildman–Crippen LogP) is 2.67. The van der Waals surface area contributed by atoms with Crippen LogP contribution in [0.15, 0.2) is 12.1 Å². The summed E-state index contributed by atoms with van der Waals surface area (Å²) in [5.74, 6) is 0.867. The summed E-state index contributed by atoms with van der Waals surface area (Å²) in [7, 11) is 0. The zero-order chi connectivity index (χ0) is 16.2. The van der Waals surface area contributed by atoms with Crippen molar-refractivity contribution in [1.29, 1.82) is 0 Å². The van der Waals surface area contributed by atoms with Gasteiger partial charge in [0.05, 0.1) is 6.10 Å². The Hall–Kier alpha value is -1.57. The molecule has 0 amide bonds. The number of nitrogens with zero attached hydrogens (tertiary/aromatic N) is 3. The molecule has 1 aromatic rings. The average molecular weight is 319 g/mol. The van der Waals surface area contributed by atoms with Crippen LogP contribution >= 0.6 is 0 Å². The fourth-order valence-electron chi connectivity index (χ4n) is 2.18. The third-order valence-electron chi connectivity index (χ3n) is 3.38. The number of alkyl halides is 3. The third-order valence-corrected chi connectivity index (χ3v) is 3.38. The van der Waals surface area contributed by atoms with Crippen LogP contribution in [0.1, 0.15) is 20.3 Å². The van der Waals surface area contributed by atoms with E-state index in [9.17, 15) is 13.2 Å². The molecule has 22 heavy (non-hydrogen) atoms. The fourth-order valence-corrected chi connectivity index (χ4v) is 2.18. The van der Waals surface area contributed by atoms with Crippen LogP contribution in [0.25, 0.3) is 0 Å². The number of aromatic nitrogens is 2. The van der Waals surface area contributed by atoms with E-state index >= 15 is 0 Å². The van der Waals surface area contributed by atoms with E-state index in [-0.39, 0.29) is 12.0 Å². The van der Waals surface area contributed by atoms with Gasteiger partial charge in [0, 0.05) is 25.8 Å². The standard InChI is InChI=1S/C14H20F3N3O2/c1-10(2)11-8-20(6-3-7-21-11)12-4-5-13(19-18-12)22-9-14(15,16)17/h4-5,10-11H,3,6-9H2,1-2H3. The normalized spacial score (nSPS) is 20.1. The quantitative estimate of drug-likeness (QED) is 0.854. The highest BCUT2D eigenvalue weighted by Gasteiger charge is 2.29. The first-order valence-electron chi connectivity index (χ1n) is 7.25. The molecule has 124 valence electrons. The molecule has 0 saturated carbocycles. The molecule has 0 aromatic carbocycles. The molecule has 1 atom stereocenters. The van der Waals surface area contributed by atoms with Crippen molar-refractivity contribution < 1.29 is 22.6 Å². The van der Waals surface area contributed by atoms with Crippen molar-refractivity contribution >= 4 is 5.82 Å². The van der Waals surface area contributed by atoms with E-state index in [1.54, 1.807) is 6.07 Å². The van der Waals surface area contributed by atoms with Crippen molar-refractivity contribution in [3.05, 3.63) is 12.1 Å². The van der Waals surface area contributed by atoms with Gasteiger partial charge in [-0.2, -0.15) is 13.2 Å². The van der Waals surface area contributed by atoms with E-state index in [0.717, 1.165) is 13.0 Å². The maximum absolute atomic E-state index is 12.1. The van der Waals surface area contributed by atoms with E-state index in [2.05, 4.69) is 28.8 Å². The minimum Gasteiger partial charge on any atom is -0.467 e. The summed E-state index contributed by atoms with van der Waals surface area (Å²) in [5, 5.41) is 7.67. The molecule has 1 unspecified atom stereocenters. The Balaban J connectivity index is 1.99. The van der Waals surface area contributed by atoms with E-state index in [1.807, 2.05) is 4.90 Å². The van der Waals surface area contributed by atoms with Crippen molar-refractivity contribution in [2.24, 2.45) is 5.92 Å². The van der Waals surface area contributed by atoms with E-state index < -0.39 is 12.8 Å². The van der Waals surface area contributed by atoms with Gasteiger partial charge < -0.3 is 14.4 Å². The van der Waals surface area contributed by atoms with Crippen LogP contribution in [0.2, 0.25) is 0 Å². The zero-order valence-corrected chi connectivity index (χ0v) is 12.6. The van der Waals surface area contributed by atoms with Crippen molar-refractivity contribution in [3.63, 3.8) is 0 Å². The van der Waals surface area contributed by atoms with Crippen molar-refractivity contribution in [2.45, 2.75) is 32.5 Å². The maximum Gasteiger partial charge on any atom is 0.422 e. The molecule has 5 nitrogen and oxygen atoms in total.